The van der Waals surface area contributed by atoms with Crippen LogP contribution in [0.1, 0.15) is 29.0 Å². The average molecular weight is 267 g/mol. The number of likely N-dealkylation sites (tertiary alicyclic amines) is 1. The molecule has 19 heavy (non-hydrogen) atoms. The van der Waals surface area contributed by atoms with Crippen molar-refractivity contribution < 1.29 is 8.78 Å². The molecule has 1 heterocycles. The summed E-state index contributed by atoms with van der Waals surface area (Å²) >= 11 is 0. The van der Waals surface area contributed by atoms with E-state index in [0.717, 1.165) is 11.8 Å². The van der Waals surface area contributed by atoms with Crippen LogP contribution in [0, 0.1) is 12.3 Å². The molecule has 1 aliphatic rings. The highest BCUT2D eigenvalue weighted by molar-refractivity contribution is 5.85. The predicted octanol–water partition coefficient (Wildman–Crippen LogP) is 2.63. The van der Waals surface area contributed by atoms with E-state index < -0.39 is 11.8 Å². The lowest BCUT2D eigenvalue weighted by molar-refractivity contribution is -0.0766. The average Bonchev–Trinajstić information content (AvgIpc) is 2.31. The fourth-order valence-corrected chi connectivity index (χ4v) is 2.76. The minimum absolute atomic E-state index is 0.219. The summed E-state index contributed by atoms with van der Waals surface area (Å²) in [4.78, 5) is 1.65. The molecule has 1 saturated heterocycles. The Hall–Kier alpha value is -1.49. The van der Waals surface area contributed by atoms with Crippen LogP contribution in [-0.4, -0.2) is 37.2 Å². The standard InChI is InChI=1S/C14H19F2N3/c1-9-5-10(7-17)13(18)6-11(9)12-3-4-19(2)8-14(12,15)16/h5-7,12,17H,3-4,8,18H2,1-2H3. The zero-order valence-electron chi connectivity index (χ0n) is 11.2. The van der Waals surface area contributed by atoms with Crippen LogP contribution in [0.3, 0.4) is 0 Å². The summed E-state index contributed by atoms with van der Waals surface area (Å²) in [5.74, 6) is -3.53. The highest BCUT2D eigenvalue weighted by Crippen LogP contribution is 2.41. The van der Waals surface area contributed by atoms with Crippen LogP contribution in [0.15, 0.2) is 12.1 Å². The van der Waals surface area contributed by atoms with Gasteiger partial charge in [-0.2, -0.15) is 0 Å². The minimum atomic E-state index is -2.74. The largest absolute Gasteiger partial charge is 0.398 e. The molecule has 1 fully saturated rings. The van der Waals surface area contributed by atoms with Gasteiger partial charge in [-0.25, -0.2) is 8.78 Å². The van der Waals surface area contributed by atoms with Gasteiger partial charge < -0.3 is 16.0 Å². The molecule has 1 unspecified atom stereocenters. The number of nitrogens with zero attached hydrogens (tertiary/aromatic N) is 1. The van der Waals surface area contributed by atoms with Gasteiger partial charge in [-0.05, 0) is 50.2 Å². The van der Waals surface area contributed by atoms with Crippen LogP contribution in [0.4, 0.5) is 14.5 Å². The second-order valence-electron chi connectivity index (χ2n) is 5.32. The van der Waals surface area contributed by atoms with E-state index in [1.807, 2.05) is 0 Å². The highest BCUT2D eigenvalue weighted by atomic mass is 19.3. The van der Waals surface area contributed by atoms with Crippen molar-refractivity contribution in [2.75, 3.05) is 25.9 Å². The SMILES string of the molecule is Cc1cc(C=N)c(N)cc1C1CCN(C)CC1(F)F. The minimum Gasteiger partial charge on any atom is -0.398 e. The number of nitrogens with two attached hydrogens (primary N) is 1. The van der Waals surface area contributed by atoms with Crippen LogP contribution in [0.2, 0.25) is 0 Å². The van der Waals surface area contributed by atoms with E-state index in [-0.39, 0.29) is 6.54 Å². The van der Waals surface area contributed by atoms with Crippen molar-refractivity contribution in [2.24, 2.45) is 0 Å². The number of nitrogens with one attached hydrogen (secondary N) is 1. The molecule has 0 spiro atoms. The molecule has 5 heteroatoms. The van der Waals surface area contributed by atoms with E-state index in [9.17, 15) is 8.78 Å². The Morgan fingerprint density at radius 3 is 2.74 bits per heavy atom. The maximum atomic E-state index is 14.2. The van der Waals surface area contributed by atoms with Gasteiger partial charge in [-0.3, -0.25) is 0 Å². The molecule has 3 nitrogen and oxygen atoms in total. The van der Waals surface area contributed by atoms with E-state index >= 15 is 0 Å². The third kappa shape index (κ3) is 2.61. The normalized spacial score (nSPS) is 23.3. The summed E-state index contributed by atoms with van der Waals surface area (Å²) in [5, 5.41) is 7.24. The quantitative estimate of drug-likeness (QED) is 0.639. The molecule has 0 aromatic heterocycles. The van der Waals surface area contributed by atoms with Gasteiger partial charge in [-0.15, -0.1) is 0 Å². The van der Waals surface area contributed by atoms with Crippen molar-refractivity contribution >= 4 is 11.9 Å². The number of hydrogen-bond acceptors (Lipinski definition) is 3. The van der Waals surface area contributed by atoms with Gasteiger partial charge in [0.15, 0.2) is 0 Å². The predicted molar refractivity (Wildman–Crippen MR) is 73.3 cm³/mol. The fourth-order valence-electron chi connectivity index (χ4n) is 2.76. The molecular formula is C14H19F2N3. The van der Waals surface area contributed by atoms with E-state index in [0.29, 0.717) is 29.8 Å². The molecule has 0 aliphatic carbocycles. The number of rotatable bonds is 2. The van der Waals surface area contributed by atoms with Gasteiger partial charge in [0.2, 0.25) is 0 Å². The number of hydrogen-bond donors (Lipinski definition) is 2. The lowest BCUT2D eigenvalue weighted by atomic mass is 9.83. The lowest BCUT2D eigenvalue weighted by Crippen LogP contribution is -2.45. The molecule has 2 rings (SSSR count). The summed E-state index contributed by atoms with van der Waals surface area (Å²) in [6.07, 6.45) is 1.58. The Morgan fingerprint density at radius 1 is 1.47 bits per heavy atom. The molecule has 1 atom stereocenters. The number of anilines is 1. The number of aryl methyl sites for hydroxylation is 1. The van der Waals surface area contributed by atoms with Crippen molar-refractivity contribution in [3.63, 3.8) is 0 Å². The lowest BCUT2D eigenvalue weighted by Gasteiger charge is -2.37. The summed E-state index contributed by atoms with van der Waals surface area (Å²) in [7, 11) is 1.71. The van der Waals surface area contributed by atoms with Gasteiger partial charge in [-0.1, -0.05) is 0 Å². The number of alkyl halides is 2. The summed E-state index contributed by atoms with van der Waals surface area (Å²) in [6, 6.07) is 3.33. The van der Waals surface area contributed by atoms with Crippen molar-refractivity contribution in [3.8, 4) is 0 Å². The molecule has 104 valence electrons. The van der Waals surface area contributed by atoms with E-state index in [2.05, 4.69) is 0 Å². The first kappa shape index (κ1) is 13.9. The van der Waals surface area contributed by atoms with Crippen LogP contribution in [0.25, 0.3) is 0 Å². The molecule has 3 N–H and O–H groups in total. The maximum Gasteiger partial charge on any atom is 0.267 e. The summed E-state index contributed by atoms with van der Waals surface area (Å²) in [6.45, 7) is 2.24. The monoisotopic (exact) mass is 267 g/mol. The maximum absolute atomic E-state index is 14.2. The van der Waals surface area contributed by atoms with Gasteiger partial charge in [0, 0.05) is 17.5 Å². The zero-order valence-corrected chi connectivity index (χ0v) is 11.2. The van der Waals surface area contributed by atoms with Gasteiger partial charge in [0.25, 0.3) is 5.92 Å². The Morgan fingerprint density at radius 2 is 2.16 bits per heavy atom. The van der Waals surface area contributed by atoms with Gasteiger partial charge >= 0.3 is 0 Å². The van der Waals surface area contributed by atoms with Crippen LogP contribution in [-0.2, 0) is 0 Å². The van der Waals surface area contributed by atoms with Crippen molar-refractivity contribution in [2.45, 2.75) is 25.2 Å². The number of piperidine rings is 1. The molecule has 0 amide bonds. The molecule has 1 aromatic rings. The molecule has 0 saturated carbocycles. The van der Waals surface area contributed by atoms with Crippen molar-refractivity contribution in [1.82, 2.24) is 4.90 Å². The summed E-state index contributed by atoms with van der Waals surface area (Å²) < 4.78 is 28.3. The van der Waals surface area contributed by atoms with Crippen LogP contribution >= 0.6 is 0 Å². The summed E-state index contributed by atoms with van der Waals surface area (Å²) in [5.41, 5.74) is 8.18. The van der Waals surface area contributed by atoms with Gasteiger partial charge in [0.05, 0.1) is 12.5 Å². The first-order chi connectivity index (χ1) is 8.85. The smallest absolute Gasteiger partial charge is 0.267 e. The third-order valence-corrected chi connectivity index (χ3v) is 3.79. The first-order valence-electron chi connectivity index (χ1n) is 6.32. The molecule has 0 radical (unpaired) electrons. The second kappa shape index (κ2) is 4.89. The second-order valence-corrected chi connectivity index (χ2v) is 5.32. The number of benzene rings is 1. The number of nitrogen functional groups attached to an aromatic ring is 1. The molecule has 1 aliphatic heterocycles. The van der Waals surface area contributed by atoms with E-state index in [1.165, 1.54) is 0 Å². The fraction of sp³-hybridized carbons (Fsp3) is 0.500. The number of halogens is 2. The Labute approximate surface area is 111 Å². The zero-order chi connectivity index (χ0) is 14.2. The van der Waals surface area contributed by atoms with Crippen LogP contribution in [0.5, 0.6) is 0 Å². The Balaban J connectivity index is 2.41. The van der Waals surface area contributed by atoms with Gasteiger partial charge in [0.1, 0.15) is 0 Å². The topological polar surface area (TPSA) is 53.1 Å². The Kier molecular flexibility index (Phi) is 3.58. The van der Waals surface area contributed by atoms with E-state index in [1.54, 1.807) is 31.0 Å². The molecule has 1 aromatic carbocycles. The third-order valence-electron chi connectivity index (χ3n) is 3.79. The highest BCUT2D eigenvalue weighted by Gasteiger charge is 2.44. The van der Waals surface area contributed by atoms with E-state index in [4.69, 9.17) is 11.1 Å². The Bertz CT molecular complexity index is 500. The van der Waals surface area contributed by atoms with Crippen molar-refractivity contribution in [1.29, 1.82) is 5.41 Å². The van der Waals surface area contributed by atoms with Crippen molar-refractivity contribution in [3.05, 3.63) is 28.8 Å². The molecular weight excluding hydrogens is 248 g/mol. The molecule has 0 bridgehead atoms. The van der Waals surface area contributed by atoms with Crippen LogP contribution < -0.4 is 5.73 Å². The first-order valence-corrected chi connectivity index (χ1v) is 6.32.